The average molecular weight is 1190 g/mol. The smallest absolute Gasteiger partial charge is 0.335 e. The van der Waals surface area contributed by atoms with Gasteiger partial charge in [-0.25, -0.2) is 4.79 Å². The lowest BCUT2D eigenvalue weighted by atomic mass is 9.98. The van der Waals surface area contributed by atoms with Crippen LogP contribution in [0.3, 0.4) is 0 Å². The zero-order valence-electron chi connectivity index (χ0n) is 53.6. The summed E-state index contributed by atoms with van der Waals surface area (Å²) in [5.74, 6) is -3.24. The molecule has 6 unspecified atom stereocenters. The van der Waals surface area contributed by atoms with E-state index in [1.54, 1.807) is 0 Å². The maximum atomic E-state index is 13.2. The van der Waals surface area contributed by atoms with Crippen LogP contribution in [0.25, 0.3) is 0 Å². The highest BCUT2D eigenvalue weighted by Gasteiger charge is 2.50. The molecule has 0 amide bonds. The number of carboxylic acid groups (broad SMARTS) is 1. The Balaban J connectivity index is 2.70. The molecule has 6 atom stereocenters. The minimum Gasteiger partial charge on any atom is -0.479 e. The fourth-order valence-corrected chi connectivity index (χ4v) is 9.65. The Morgan fingerprint density at radius 3 is 1.21 bits per heavy atom. The lowest BCUT2D eigenvalue weighted by Gasteiger charge is -2.40. The van der Waals surface area contributed by atoms with Crippen molar-refractivity contribution in [3.05, 3.63) is 109 Å². The van der Waals surface area contributed by atoms with Gasteiger partial charge in [0.25, 0.3) is 0 Å². The molecule has 1 aliphatic heterocycles. The lowest BCUT2D eigenvalue weighted by Crippen LogP contribution is -2.61. The van der Waals surface area contributed by atoms with Gasteiger partial charge in [0.15, 0.2) is 24.6 Å². The van der Waals surface area contributed by atoms with Crippen LogP contribution in [0, 0.1) is 0 Å². The molecule has 484 valence electrons. The van der Waals surface area contributed by atoms with E-state index in [1.807, 2.05) is 12.2 Å². The summed E-state index contributed by atoms with van der Waals surface area (Å²) in [5, 5.41) is 31.6. The molecule has 1 rings (SSSR count). The summed E-state index contributed by atoms with van der Waals surface area (Å²) >= 11 is 0. The molecule has 0 aromatic rings. The minimum absolute atomic E-state index is 0.0440. The van der Waals surface area contributed by atoms with Crippen LogP contribution in [0.5, 0.6) is 0 Å². The van der Waals surface area contributed by atoms with Crippen LogP contribution >= 0.6 is 0 Å². The normalized spacial score (nSPS) is 18.2. The predicted octanol–water partition coefficient (Wildman–Crippen LogP) is 18.6. The highest BCUT2D eigenvalue weighted by atomic mass is 16.7. The molecular weight excluding hydrogens is 1070 g/mol. The first-order valence-electron chi connectivity index (χ1n) is 33.9. The number of allylic oxidation sites excluding steroid dienone is 18. The number of unbranched alkanes of at least 4 members (excludes halogenated alkanes) is 25. The second kappa shape index (κ2) is 59.7. The number of ether oxygens (including phenoxy) is 5. The number of carboxylic acids is 1. The van der Waals surface area contributed by atoms with Crippen LogP contribution < -0.4 is 0 Å². The van der Waals surface area contributed by atoms with E-state index in [1.165, 1.54) is 109 Å². The van der Waals surface area contributed by atoms with Crippen molar-refractivity contribution in [1.29, 1.82) is 0 Å². The summed E-state index contributed by atoms with van der Waals surface area (Å²) in [4.78, 5) is 51.4. The van der Waals surface area contributed by atoms with E-state index in [9.17, 15) is 34.5 Å². The Morgan fingerprint density at radius 1 is 0.400 bits per heavy atom. The van der Waals surface area contributed by atoms with Crippen LogP contribution in [0.4, 0.5) is 0 Å². The molecule has 12 heteroatoms. The second-order valence-electron chi connectivity index (χ2n) is 22.7. The summed E-state index contributed by atoms with van der Waals surface area (Å²) < 4.78 is 28.5. The van der Waals surface area contributed by atoms with Gasteiger partial charge in [-0.1, -0.05) is 252 Å². The minimum atomic E-state index is -1.92. The van der Waals surface area contributed by atoms with Crippen molar-refractivity contribution in [2.45, 2.75) is 314 Å². The number of rotatable bonds is 57. The van der Waals surface area contributed by atoms with Gasteiger partial charge in [0.1, 0.15) is 18.8 Å². The van der Waals surface area contributed by atoms with Crippen molar-refractivity contribution in [3.8, 4) is 0 Å². The fraction of sp³-hybridized carbons (Fsp3) is 0.699. The molecule has 1 heterocycles. The molecule has 0 spiro atoms. The Morgan fingerprint density at radius 2 is 0.765 bits per heavy atom. The van der Waals surface area contributed by atoms with Crippen LogP contribution in [0.2, 0.25) is 0 Å². The number of aliphatic hydroxyl groups excluding tert-OH is 2. The summed E-state index contributed by atoms with van der Waals surface area (Å²) in [6.07, 6.45) is 69.1. The Kier molecular flexibility index (Phi) is 55.1. The quantitative estimate of drug-likeness (QED) is 0.0228. The summed E-state index contributed by atoms with van der Waals surface area (Å²) in [7, 11) is 0. The number of aliphatic hydroxyl groups is 2. The lowest BCUT2D eigenvalue weighted by molar-refractivity contribution is -0.301. The van der Waals surface area contributed by atoms with Gasteiger partial charge in [-0.3, -0.25) is 14.4 Å². The van der Waals surface area contributed by atoms with Gasteiger partial charge in [0.05, 0.1) is 6.61 Å². The SMILES string of the molecule is CC/C=C\C/C=C\C/C=C\C/C=C\C/C=C\C/C=C\CCC(=O)OCC(COC1OC(C(=O)O)C(O)C(O)C1OC(=O)CCCCCCCCCCC/C=C\C/C=C\CCCCC)OC(=O)CCCCCCCCC/C=C\CCCCCCCC. The third kappa shape index (κ3) is 49.1. The molecule has 0 radical (unpaired) electrons. The van der Waals surface area contributed by atoms with Crippen molar-refractivity contribution >= 4 is 23.9 Å². The zero-order valence-corrected chi connectivity index (χ0v) is 53.6. The molecule has 0 bridgehead atoms. The van der Waals surface area contributed by atoms with E-state index < -0.39 is 67.3 Å². The van der Waals surface area contributed by atoms with E-state index in [-0.39, 0.29) is 25.9 Å². The Bertz CT molecular complexity index is 1890. The maximum absolute atomic E-state index is 13.2. The first kappa shape index (κ1) is 78.4. The topological polar surface area (TPSA) is 175 Å². The van der Waals surface area contributed by atoms with Crippen molar-refractivity contribution in [3.63, 3.8) is 0 Å². The van der Waals surface area contributed by atoms with E-state index in [0.29, 0.717) is 19.3 Å². The van der Waals surface area contributed by atoms with E-state index in [0.717, 1.165) is 109 Å². The van der Waals surface area contributed by atoms with Crippen LogP contribution in [0.1, 0.15) is 278 Å². The molecule has 1 saturated heterocycles. The fourth-order valence-electron chi connectivity index (χ4n) is 9.65. The van der Waals surface area contributed by atoms with Gasteiger partial charge in [-0.2, -0.15) is 0 Å². The van der Waals surface area contributed by atoms with Crippen LogP contribution in [-0.4, -0.2) is 89.2 Å². The number of hydrogen-bond acceptors (Lipinski definition) is 11. The molecule has 1 aliphatic rings. The molecule has 85 heavy (non-hydrogen) atoms. The van der Waals surface area contributed by atoms with Crippen molar-refractivity contribution in [2.75, 3.05) is 13.2 Å². The highest BCUT2D eigenvalue weighted by Crippen LogP contribution is 2.27. The van der Waals surface area contributed by atoms with Crippen molar-refractivity contribution in [1.82, 2.24) is 0 Å². The van der Waals surface area contributed by atoms with Crippen molar-refractivity contribution in [2.24, 2.45) is 0 Å². The maximum Gasteiger partial charge on any atom is 0.335 e. The predicted molar refractivity (Wildman–Crippen MR) is 349 cm³/mol. The number of carbonyl (C=O) groups is 4. The van der Waals surface area contributed by atoms with Crippen LogP contribution in [-0.2, 0) is 42.9 Å². The van der Waals surface area contributed by atoms with Gasteiger partial charge in [0.2, 0.25) is 0 Å². The average Bonchev–Trinajstić information content (AvgIpc) is 3.51. The number of aliphatic carboxylic acids is 1. The van der Waals surface area contributed by atoms with E-state index in [2.05, 4.69) is 118 Å². The largest absolute Gasteiger partial charge is 0.479 e. The number of esters is 3. The molecule has 0 aromatic carbocycles. The molecule has 0 saturated carbocycles. The third-order valence-corrected chi connectivity index (χ3v) is 14.8. The number of hydrogen-bond donors (Lipinski definition) is 3. The van der Waals surface area contributed by atoms with E-state index >= 15 is 0 Å². The van der Waals surface area contributed by atoms with Gasteiger partial charge in [-0.05, 0) is 116 Å². The molecule has 1 fully saturated rings. The molecule has 12 nitrogen and oxygen atoms in total. The molecular formula is C73H120O12. The monoisotopic (exact) mass is 1190 g/mol. The second-order valence-corrected chi connectivity index (χ2v) is 22.7. The van der Waals surface area contributed by atoms with Crippen molar-refractivity contribution < 1.29 is 58.2 Å². The molecule has 0 aromatic heterocycles. The number of carbonyl (C=O) groups excluding carboxylic acids is 3. The highest BCUT2D eigenvalue weighted by molar-refractivity contribution is 5.74. The zero-order chi connectivity index (χ0) is 61.7. The van der Waals surface area contributed by atoms with Crippen LogP contribution in [0.15, 0.2) is 109 Å². The van der Waals surface area contributed by atoms with Gasteiger partial charge >= 0.3 is 23.9 Å². The molecule has 0 aliphatic carbocycles. The summed E-state index contributed by atoms with van der Waals surface area (Å²) in [5.41, 5.74) is 0. The molecule has 3 N–H and O–H groups in total. The van der Waals surface area contributed by atoms with E-state index in [4.69, 9.17) is 23.7 Å². The Hall–Kier alpha value is -4.62. The summed E-state index contributed by atoms with van der Waals surface area (Å²) in [6.45, 7) is 5.81. The first-order chi connectivity index (χ1) is 41.6. The third-order valence-electron chi connectivity index (χ3n) is 14.8. The summed E-state index contributed by atoms with van der Waals surface area (Å²) in [6, 6.07) is 0. The van der Waals surface area contributed by atoms with Gasteiger partial charge in [0, 0.05) is 19.3 Å². The van der Waals surface area contributed by atoms with Gasteiger partial charge in [-0.15, -0.1) is 0 Å². The van der Waals surface area contributed by atoms with Gasteiger partial charge < -0.3 is 39.0 Å². The Labute approximate surface area is 516 Å². The standard InChI is InChI=1S/C73H120O12/c1-4-7-10-13-16-19-22-25-28-31-33-36-38-41-44-47-50-53-56-59-65(74)81-62-64(83-66(75)60-57-54-51-48-45-42-39-35-30-27-24-21-18-15-12-9-6-3)63-82-73-71(69(78)68(77)70(85-73)72(79)80)84-67(76)61-58-55-52-49-46-43-40-37-34-32-29-26-23-20-17-14-11-8-5-2/h7,10,16-17,19-20,25-30,33,36,41,44,50,53,64,68-71,73,77-78H,4-6,8-9,11-15,18,21-24,31-32,34-35,37-40,42-43,45-49,51-52,54-63H2,1-3H3,(H,79,80)/b10-7-,19-16-,20-17-,28-25-,29-26-,30-27-,36-33-,44-41-,53-50-. The first-order valence-corrected chi connectivity index (χ1v) is 33.9.